The highest BCUT2D eigenvalue weighted by Crippen LogP contribution is 2.34. The molecule has 1 aromatic carbocycles. The zero-order chi connectivity index (χ0) is 19.0. The van der Waals surface area contributed by atoms with Crippen molar-refractivity contribution in [3.63, 3.8) is 0 Å². The van der Waals surface area contributed by atoms with Crippen molar-refractivity contribution >= 4 is 27.5 Å². The Kier molecular flexibility index (Phi) is 4.78. The molecule has 0 N–H and O–H groups in total. The van der Waals surface area contributed by atoms with Crippen molar-refractivity contribution in [2.24, 2.45) is 0 Å². The quantitative estimate of drug-likeness (QED) is 0.629. The van der Waals surface area contributed by atoms with Gasteiger partial charge in [0.15, 0.2) is 0 Å². The van der Waals surface area contributed by atoms with Crippen molar-refractivity contribution in [1.82, 2.24) is 9.55 Å². The fourth-order valence-electron chi connectivity index (χ4n) is 3.73. The summed E-state index contributed by atoms with van der Waals surface area (Å²) in [5.41, 5.74) is 1.55. The minimum atomic E-state index is -0.327. The number of nitrogens with zero attached hydrogens (tertiary/aromatic N) is 2. The number of benzene rings is 1. The third kappa shape index (κ3) is 3.39. The summed E-state index contributed by atoms with van der Waals surface area (Å²) in [6.45, 7) is 1.42. The van der Waals surface area contributed by atoms with Gasteiger partial charge in [-0.3, -0.25) is 14.2 Å². The van der Waals surface area contributed by atoms with Crippen molar-refractivity contribution in [2.75, 3.05) is 0 Å². The summed E-state index contributed by atoms with van der Waals surface area (Å²) in [5, 5.41) is 1.79. The minimum absolute atomic E-state index is 0.0419. The number of hydrogen-bond donors (Lipinski definition) is 0. The summed E-state index contributed by atoms with van der Waals surface area (Å²) >= 11 is 1.30. The van der Waals surface area contributed by atoms with Crippen LogP contribution in [0.3, 0.4) is 0 Å². The van der Waals surface area contributed by atoms with Crippen LogP contribution in [-0.4, -0.2) is 21.6 Å². The second-order valence-corrected chi connectivity index (χ2v) is 7.68. The number of thiophene rings is 1. The van der Waals surface area contributed by atoms with Crippen molar-refractivity contribution in [1.29, 1.82) is 0 Å². The van der Waals surface area contributed by atoms with Crippen LogP contribution < -0.4 is 5.56 Å². The van der Waals surface area contributed by atoms with Gasteiger partial charge in [-0.25, -0.2) is 9.37 Å². The van der Waals surface area contributed by atoms with Gasteiger partial charge in [0.2, 0.25) is 0 Å². The maximum absolute atomic E-state index is 14.1. The molecule has 2 heterocycles. The van der Waals surface area contributed by atoms with Gasteiger partial charge in [0.05, 0.1) is 11.8 Å². The van der Waals surface area contributed by atoms with Crippen LogP contribution in [0.15, 0.2) is 40.8 Å². The van der Waals surface area contributed by atoms with E-state index in [1.807, 2.05) is 0 Å². The molecule has 140 valence electrons. The van der Waals surface area contributed by atoms with E-state index in [4.69, 9.17) is 4.74 Å². The average molecular weight is 386 g/mol. The molecule has 3 aromatic rings. The lowest BCUT2D eigenvalue weighted by Crippen LogP contribution is -2.30. The molecule has 0 radical (unpaired) electrons. The summed E-state index contributed by atoms with van der Waals surface area (Å²) < 4.78 is 21.6. The standard InChI is InChI=1S/C20H19FN2O3S/c1-12(24)26-14-8-6-13(7-9-14)23-11-22-18-16(10-27-19(18)20(23)25)15-4-2-3-5-17(15)21/h2-5,10-11,13-14H,6-9H2,1H3. The molecular formula is C20H19FN2O3S. The number of aromatic nitrogens is 2. The number of esters is 1. The third-order valence-corrected chi connectivity index (χ3v) is 6.00. The van der Waals surface area contributed by atoms with Crippen LogP contribution in [0, 0.1) is 5.82 Å². The maximum Gasteiger partial charge on any atom is 0.302 e. The van der Waals surface area contributed by atoms with Crippen LogP contribution in [0.5, 0.6) is 0 Å². The molecule has 0 bridgehead atoms. The lowest BCUT2D eigenvalue weighted by Gasteiger charge is -2.29. The van der Waals surface area contributed by atoms with Crippen LogP contribution >= 0.6 is 11.3 Å². The number of hydrogen-bond acceptors (Lipinski definition) is 5. The summed E-state index contributed by atoms with van der Waals surface area (Å²) in [7, 11) is 0. The highest BCUT2D eigenvalue weighted by Gasteiger charge is 2.26. The summed E-state index contributed by atoms with van der Waals surface area (Å²) in [5.74, 6) is -0.593. The Morgan fingerprint density at radius 1 is 1.22 bits per heavy atom. The molecule has 2 aromatic heterocycles. The van der Waals surface area contributed by atoms with Gasteiger partial charge in [0.25, 0.3) is 5.56 Å². The van der Waals surface area contributed by atoms with Gasteiger partial charge in [-0.15, -0.1) is 11.3 Å². The monoisotopic (exact) mass is 386 g/mol. The highest BCUT2D eigenvalue weighted by molar-refractivity contribution is 7.17. The van der Waals surface area contributed by atoms with Gasteiger partial charge in [0.1, 0.15) is 16.6 Å². The molecule has 0 atom stereocenters. The van der Waals surface area contributed by atoms with E-state index < -0.39 is 0 Å². The van der Waals surface area contributed by atoms with Crippen LogP contribution in [0.4, 0.5) is 4.39 Å². The first kappa shape index (κ1) is 17.9. The summed E-state index contributed by atoms with van der Waals surface area (Å²) in [6, 6.07) is 6.55. The Balaban J connectivity index is 1.64. The summed E-state index contributed by atoms with van der Waals surface area (Å²) in [6.07, 6.45) is 4.49. The fraction of sp³-hybridized carbons (Fsp3) is 0.350. The number of carbonyl (C=O) groups excluding carboxylic acids is 1. The number of fused-ring (bicyclic) bond motifs is 1. The first-order chi connectivity index (χ1) is 13.0. The molecule has 1 fully saturated rings. The second kappa shape index (κ2) is 7.23. The normalized spacial score (nSPS) is 19.9. The Morgan fingerprint density at radius 3 is 2.67 bits per heavy atom. The van der Waals surface area contributed by atoms with Crippen LogP contribution in [0.1, 0.15) is 38.6 Å². The van der Waals surface area contributed by atoms with Gasteiger partial charge in [-0.05, 0) is 31.7 Å². The molecule has 0 spiro atoms. The molecule has 0 saturated heterocycles. The minimum Gasteiger partial charge on any atom is -0.463 e. The first-order valence-corrected chi connectivity index (χ1v) is 9.83. The highest BCUT2D eigenvalue weighted by atomic mass is 32.1. The molecular weight excluding hydrogens is 367 g/mol. The van der Waals surface area contributed by atoms with Gasteiger partial charge in [-0.2, -0.15) is 0 Å². The van der Waals surface area contributed by atoms with Crippen LogP contribution in [-0.2, 0) is 9.53 Å². The lowest BCUT2D eigenvalue weighted by molar-refractivity contribution is -0.148. The predicted molar refractivity (Wildman–Crippen MR) is 102 cm³/mol. The number of carbonyl (C=O) groups is 1. The molecule has 7 heteroatoms. The Morgan fingerprint density at radius 2 is 1.96 bits per heavy atom. The van der Waals surface area contributed by atoms with Crippen LogP contribution in [0.2, 0.25) is 0 Å². The Bertz CT molecular complexity index is 1050. The van der Waals surface area contributed by atoms with Gasteiger partial charge < -0.3 is 4.74 Å². The van der Waals surface area contributed by atoms with Gasteiger partial charge in [0, 0.05) is 29.5 Å². The molecule has 0 amide bonds. The SMILES string of the molecule is CC(=O)OC1CCC(n2cnc3c(-c4ccccc4F)csc3c2=O)CC1. The third-order valence-electron chi connectivity index (χ3n) is 5.04. The van der Waals surface area contributed by atoms with E-state index in [9.17, 15) is 14.0 Å². The van der Waals surface area contributed by atoms with Crippen LogP contribution in [0.25, 0.3) is 21.3 Å². The average Bonchev–Trinajstić information content (AvgIpc) is 3.08. The topological polar surface area (TPSA) is 61.2 Å². The van der Waals surface area contributed by atoms with E-state index in [0.717, 1.165) is 25.7 Å². The van der Waals surface area contributed by atoms with Crippen molar-refractivity contribution < 1.29 is 13.9 Å². The van der Waals surface area contributed by atoms with E-state index in [0.29, 0.717) is 21.3 Å². The van der Waals surface area contributed by atoms with E-state index in [-0.39, 0.29) is 29.5 Å². The second-order valence-electron chi connectivity index (χ2n) is 6.80. The zero-order valence-electron chi connectivity index (χ0n) is 14.9. The molecule has 1 aliphatic carbocycles. The fourth-order valence-corrected chi connectivity index (χ4v) is 4.68. The zero-order valence-corrected chi connectivity index (χ0v) is 15.7. The lowest BCUT2D eigenvalue weighted by atomic mass is 9.92. The van der Waals surface area contributed by atoms with Crippen molar-refractivity contribution in [3.05, 3.63) is 52.1 Å². The van der Waals surface area contributed by atoms with Gasteiger partial charge in [-0.1, -0.05) is 18.2 Å². The van der Waals surface area contributed by atoms with Crippen molar-refractivity contribution in [2.45, 2.75) is 44.8 Å². The summed E-state index contributed by atoms with van der Waals surface area (Å²) in [4.78, 5) is 28.5. The molecule has 0 unspecified atom stereocenters. The maximum atomic E-state index is 14.1. The largest absolute Gasteiger partial charge is 0.463 e. The molecule has 1 saturated carbocycles. The number of halogens is 1. The smallest absolute Gasteiger partial charge is 0.302 e. The molecule has 0 aliphatic heterocycles. The molecule has 4 rings (SSSR count). The molecule has 1 aliphatic rings. The van der Waals surface area contributed by atoms with E-state index in [1.54, 1.807) is 34.5 Å². The first-order valence-electron chi connectivity index (χ1n) is 8.95. The predicted octanol–water partition coefficient (Wildman–Crippen LogP) is 4.31. The van der Waals surface area contributed by atoms with E-state index >= 15 is 0 Å². The number of rotatable bonds is 3. The Labute approximate surface area is 159 Å². The van der Waals surface area contributed by atoms with Gasteiger partial charge >= 0.3 is 5.97 Å². The Hall–Kier alpha value is -2.54. The van der Waals surface area contributed by atoms with E-state index in [2.05, 4.69) is 4.98 Å². The molecule has 27 heavy (non-hydrogen) atoms. The van der Waals surface area contributed by atoms with Crippen molar-refractivity contribution in [3.8, 4) is 11.1 Å². The molecule has 5 nitrogen and oxygen atoms in total. The van der Waals surface area contributed by atoms with E-state index in [1.165, 1.54) is 24.3 Å². The number of ether oxygens (including phenoxy) is 1.